The molecule has 1 aliphatic carbocycles. The van der Waals surface area contributed by atoms with E-state index in [2.05, 4.69) is 5.32 Å². The van der Waals surface area contributed by atoms with E-state index in [1.807, 2.05) is 0 Å². The summed E-state index contributed by atoms with van der Waals surface area (Å²) >= 11 is 0. The summed E-state index contributed by atoms with van der Waals surface area (Å²) in [5.74, 6) is 0.944. The maximum absolute atomic E-state index is 12.5. The van der Waals surface area contributed by atoms with Crippen LogP contribution in [0.25, 0.3) is 0 Å². The van der Waals surface area contributed by atoms with Crippen LogP contribution in [-0.2, 0) is 12.6 Å². The highest BCUT2D eigenvalue weighted by atomic mass is 19.4. The van der Waals surface area contributed by atoms with Crippen LogP contribution in [0.2, 0.25) is 0 Å². The Labute approximate surface area is 130 Å². The molecule has 122 valence electrons. The van der Waals surface area contributed by atoms with Crippen molar-refractivity contribution in [1.29, 1.82) is 0 Å². The molecule has 1 aliphatic heterocycles. The van der Waals surface area contributed by atoms with Crippen molar-refractivity contribution >= 4 is 0 Å². The van der Waals surface area contributed by atoms with Crippen LogP contribution in [0.1, 0.15) is 49.7 Å². The summed E-state index contributed by atoms with van der Waals surface area (Å²) in [6, 6.07) is 5.60. The van der Waals surface area contributed by atoms with E-state index in [1.165, 1.54) is 57.3 Å². The summed E-state index contributed by atoms with van der Waals surface area (Å²) in [6.07, 6.45) is 4.22. The topological polar surface area (TPSA) is 12.0 Å². The molecule has 2 aliphatic rings. The SMILES string of the molecule is FC(F)(F)c1ccc(CCCCCCC23CNCC2C3)cc1. The van der Waals surface area contributed by atoms with Crippen LogP contribution < -0.4 is 5.32 Å². The van der Waals surface area contributed by atoms with E-state index in [4.69, 9.17) is 0 Å². The second-order valence-electron chi connectivity index (χ2n) is 7.00. The van der Waals surface area contributed by atoms with Crippen molar-refractivity contribution in [2.24, 2.45) is 11.3 Å². The monoisotopic (exact) mass is 311 g/mol. The Balaban J connectivity index is 1.30. The lowest BCUT2D eigenvalue weighted by molar-refractivity contribution is -0.137. The molecule has 4 heteroatoms. The van der Waals surface area contributed by atoms with Crippen LogP contribution in [-0.4, -0.2) is 13.1 Å². The molecule has 1 N–H and O–H groups in total. The quantitative estimate of drug-likeness (QED) is 0.713. The molecule has 1 aromatic carbocycles. The van der Waals surface area contributed by atoms with Gasteiger partial charge in [0.2, 0.25) is 0 Å². The minimum Gasteiger partial charge on any atom is -0.316 e. The van der Waals surface area contributed by atoms with E-state index in [9.17, 15) is 13.2 Å². The molecule has 2 fully saturated rings. The van der Waals surface area contributed by atoms with Gasteiger partial charge in [-0.1, -0.05) is 31.4 Å². The van der Waals surface area contributed by atoms with Crippen LogP contribution in [0.4, 0.5) is 13.2 Å². The van der Waals surface area contributed by atoms with Gasteiger partial charge in [0, 0.05) is 6.54 Å². The molecule has 2 atom stereocenters. The van der Waals surface area contributed by atoms with Gasteiger partial charge in [0.05, 0.1) is 5.56 Å². The van der Waals surface area contributed by atoms with Crippen molar-refractivity contribution in [1.82, 2.24) is 5.32 Å². The normalized spacial score (nSPS) is 27.0. The van der Waals surface area contributed by atoms with Crippen LogP contribution in [0.15, 0.2) is 24.3 Å². The largest absolute Gasteiger partial charge is 0.416 e. The Morgan fingerprint density at radius 2 is 1.77 bits per heavy atom. The van der Waals surface area contributed by atoms with Gasteiger partial charge in [0.15, 0.2) is 0 Å². The van der Waals surface area contributed by atoms with Crippen LogP contribution in [0.3, 0.4) is 0 Å². The van der Waals surface area contributed by atoms with E-state index in [0.29, 0.717) is 5.41 Å². The molecule has 1 aromatic rings. The third-order valence-corrected chi connectivity index (χ3v) is 5.40. The number of rotatable bonds is 7. The molecule has 3 rings (SSSR count). The molecule has 1 heterocycles. The lowest BCUT2D eigenvalue weighted by Crippen LogP contribution is -2.16. The van der Waals surface area contributed by atoms with Crippen LogP contribution in [0.5, 0.6) is 0 Å². The molecule has 2 unspecified atom stereocenters. The zero-order valence-electron chi connectivity index (χ0n) is 12.9. The molecule has 0 spiro atoms. The lowest BCUT2D eigenvalue weighted by atomic mass is 9.96. The van der Waals surface area contributed by atoms with Gasteiger partial charge in [-0.25, -0.2) is 0 Å². The fourth-order valence-corrected chi connectivity index (χ4v) is 3.85. The van der Waals surface area contributed by atoms with Crippen molar-refractivity contribution in [2.75, 3.05) is 13.1 Å². The van der Waals surface area contributed by atoms with E-state index < -0.39 is 11.7 Å². The van der Waals surface area contributed by atoms with Gasteiger partial charge in [-0.2, -0.15) is 13.2 Å². The van der Waals surface area contributed by atoms with Crippen molar-refractivity contribution in [3.8, 4) is 0 Å². The summed E-state index contributed by atoms with van der Waals surface area (Å²) in [7, 11) is 0. The zero-order chi connectivity index (χ0) is 15.6. The second kappa shape index (κ2) is 6.23. The van der Waals surface area contributed by atoms with Gasteiger partial charge in [-0.15, -0.1) is 0 Å². The van der Waals surface area contributed by atoms with Crippen molar-refractivity contribution in [2.45, 2.75) is 51.1 Å². The second-order valence-corrected chi connectivity index (χ2v) is 7.00. The Bertz CT molecular complexity index is 494. The molecule has 22 heavy (non-hydrogen) atoms. The molecule has 1 nitrogen and oxygen atoms in total. The Morgan fingerprint density at radius 3 is 2.36 bits per heavy atom. The summed E-state index contributed by atoms with van der Waals surface area (Å²) in [6.45, 7) is 2.43. The molecule has 0 aromatic heterocycles. The molecular weight excluding hydrogens is 287 g/mol. The maximum atomic E-state index is 12.5. The first-order valence-corrected chi connectivity index (χ1v) is 8.36. The van der Waals surface area contributed by atoms with Crippen molar-refractivity contribution in [3.63, 3.8) is 0 Å². The number of piperidine rings is 1. The summed E-state index contributed by atoms with van der Waals surface area (Å²) in [4.78, 5) is 0. The lowest BCUT2D eigenvalue weighted by Gasteiger charge is -2.11. The smallest absolute Gasteiger partial charge is 0.316 e. The Kier molecular flexibility index (Phi) is 4.49. The average molecular weight is 311 g/mol. The molecule has 1 saturated heterocycles. The molecule has 0 amide bonds. The zero-order valence-corrected chi connectivity index (χ0v) is 12.9. The first-order chi connectivity index (χ1) is 10.5. The van der Waals surface area contributed by atoms with Gasteiger partial charge >= 0.3 is 6.18 Å². The maximum Gasteiger partial charge on any atom is 0.416 e. The number of hydrogen-bond acceptors (Lipinski definition) is 1. The number of aryl methyl sites for hydroxylation is 1. The van der Waals surface area contributed by atoms with Crippen LogP contribution >= 0.6 is 0 Å². The fraction of sp³-hybridized carbons (Fsp3) is 0.667. The van der Waals surface area contributed by atoms with E-state index in [1.54, 1.807) is 12.1 Å². The number of benzene rings is 1. The predicted octanol–water partition coefficient (Wildman–Crippen LogP) is 4.81. The van der Waals surface area contributed by atoms with E-state index in [0.717, 1.165) is 24.3 Å². The number of unbranched alkanes of at least 4 members (excludes halogenated alkanes) is 3. The van der Waals surface area contributed by atoms with E-state index in [-0.39, 0.29) is 0 Å². The van der Waals surface area contributed by atoms with E-state index >= 15 is 0 Å². The van der Waals surface area contributed by atoms with Gasteiger partial charge in [0.1, 0.15) is 0 Å². The highest BCUT2D eigenvalue weighted by Gasteiger charge is 2.55. The first-order valence-electron chi connectivity index (χ1n) is 8.36. The minimum atomic E-state index is -4.23. The Hall–Kier alpha value is -1.03. The van der Waals surface area contributed by atoms with Crippen molar-refractivity contribution < 1.29 is 13.2 Å². The fourth-order valence-electron chi connectivity index (χ4n) is 3.85. The summed E-state index contributed by atoms with van der Waals surface area (Å²) < 4.78 is 37.4. The Morgan fingerprint density at radius 1 is 1.05 bits per heavy atom. The van der Waals surface area contributed by atoms with Gasteiger partial charge in [-0.3, -0.25) is 0 Å². The first kappa shape index (κ1) is 15.9. The standard InChI is InChI=1S/C18H24F3N/c19-18(20,21)15-8-6-14(7-9-15)5-3-1-2-4-10-17-11-16(17)12-22-13-17/h6-9,16,22H,1-5,10-13H2. The van der Waals surface area contributed by atoms with Crippen molar-refractivity contribution in [3.05, 3.63) is 35.4 Å². The average Bonchev–Trinajstić information content (AvgIpc) is 3.03. The number of hydrogen-bond donors (Lipinski definition) is 1. The molecular formula is C18H24F3N. The molecule has 1 saturated carbocycles. The number of fused-ring (bicyclic) bond motifs is 1. The highest BCUT2D eigenvalue weighted by molar-refractivity contribution is 5.24. The summed E-state index contributed by atoms with van der Waals surface area (Å²) in [5.41, 5.74) is 1.10. The number of halogens is 3. The van der Waals surface area contributed by atoms with Gasteiger partial charge in [-0.05, 0) is 61.3 Å². The summed E-state index contributed by atoms with van der Waals surface area (Å²) in [5, 5.41) is 3.47. The predicted molar refractivity (Wildman–Crippen MR) is 81.6 cm³/mol. The third kappa shape index (κ3) is 3.65. The highest BCUT2D eigenvalue weighted by Crippen LogP contribution is 2.58. The van der Waals surface area contributed by atoms with Crippen LogP contribution in [0, 0.1) is 11.3 Å². The minimum absolute atomic E-state index is 0.556. The number of nitrogens with one attached hydrogen (secondary N) is 1. The van der Waals surface area contributed by atoms with Gasteiger partial charge in [0.25, 0.3) is 0 Å². The third-order valence-electron chi connectivity index (χ3n) is 5.40. The molecule has 0 bridgehead atoms. The number of alkyl halides is 3. The van der Waals surface area contributed by atoms with Gasteiger partial charge < -0.3 is 5.32 Å². The molecule has 0 radical (unpaired) electrons.